The summed E-state index contributed by atoms with van der Waals surface area (Å²) in [6, 6.07) is -0.979. The first-order chi connectivity index (χ1) is 7.99. The van der Waals surface area contributed by atoms with Gasteiger partial charge in [0, 0.05) is 0 Å². The van der Waals surface area contributed by atoms with Crippen LogP contribution in [0.25, 0.3) is 0 Å². The Morgan fingerprint density at radius 1 is 1.33 bits per heavy atom. The Bertz CT molecular complexity index is 312. The van der Waals surface area contributed by atoms with Gasteiger partial charge in [0.1, 0.15) is 11.5 Å². The molecular formula is C11H19F3N2O2. The molecule has 3 atom stereocenters. The fourth-order valence-corrected chi connectivity index (χ4v) is 1.94. The number of ether oxygens (including phenoxy) is 1. The number of amides is 1. The molecule has 1 saturated heterocycles. The molecule has 1 fully saturated rings. The van der Waals surface area contributed by atoms with Gasteiger partial charge in [-0.1, -0.05) is 0 Å². The van der Waals surface area contributed by atoms with Gasteiger partial charge < -0.3 is 15.0 Å². The summed E-state index contributed by atoms with van der Waals surface area (Å²) in [7, 11) is 3.56. The van der Waals surface area contributed by atoms with Gasteiger partial charge in [-0.15, -0.1) is 0 Å². The fourth-order valence-electron chi connectivity index (χ4n) is 1.94. The third kappa shape index (κ3) is 4.36. The average molecular weight is 268 g/mol. The van der Waals surface area contributed by atoms with Gasteiger partial charge in [-0.05, 0) is 20.8 Å². The van der Waals surface area contributed by atoms with Gasteiger partial charge in [0.2, 0.25) is 0 Å². The second-order valence-electron chi connectivity index (χ2n) is 5.56. The Labute approximate surface area is 104 Å². The van der Waals surface area contributed by atoms with E-state index in [1.54, 1.807) is 20.8 Å². The maximum Gasteiger partial charge on any atom is 0.408 e. The van der Waals surface area contributed by atoms with E-state index in [9.17, 15) is 18.0 Å². The highest BCUT2D eigenvalue weighted by atomic mass is 19.4. The van der Waals surface area contributed by atoms with Gasteiger partial charge in [-0.3, -0.25) is 0 Å². The van der Waals surface area contributed by atoms with Crippen LogP contribution in [0.4, 0.5) is 18.0 Å². The minimum absolute atomic E-state index is 0.135. The van der Waals surface area contributed by atoms with Crippen molar-refractivity contribution in [2.45, 2.75) is 38.6 Å². The van der Waals surface area contributed by atoms with Crippen molar-refractivity contribution in [1.29, 1.82) is 0 Å². The van der Waals surface area contributed by atoms with Crippen molar-refractivity contribution in [3.63, 3.8) is 0 Å². The van der Waals surface area contributed by atoms with E-state index in [0.717, 1.165) is 0 Å². The van der Waals surface area contributed by atoms with Crippen molar-refractivity contribution < 1.29 is 27.6 Å². The number of quaternary nitrogens is 1. The lowest BCUT2D eigenvalue weighted by Crippen LogP contribution is -3.05. The van der Waals surface area contributed by atoms with Crippen LogP contribution < -0.4 is 10.2 Å². The number of alkyl halides is 3. The van der Waals surface area contributed by atoms with Gasteiger partial charge in [0.25, 0.3) is 0 Å². The Balaban J connectivity index is 2.62. The van der Waals surface area contributed by atoms with E-state index in [0.29, 0.717) is 4.90 Å². The minimum atomic E-state index is -4.33. The lowest BCUT2D eigenvalue weighted by molar-refractivity contribution is -0.842. The number of rotatable bonds is 1. The zero-order chi connectivity index (χ0) is 14.1. The van der Waals surface area contributed by atoms with E-state index in [1.807, 2.05) is 0 Å². The molecule has 1 unspecified atom stereocenters. The number of hydrogen-bond donors (Lipinski definition) is 2. The molecule has 7 heteroatoms. The number of halogens is 3. The summed E-state index contributed by atoms with van der Waals surface area (Å²) in [6.45, 7) is 4.97. The maximum atomic E-state index is 12.7. The molecule has 0 spiro atoms. The average Bonchev–Trinajstić information content (AvgIpc) is 2.41. The molecular weight excluding hydrogens is 249 g/mol. The SMILES string of the molecule is [CH2-][NH+]1C[C@@H](C(F)(F)F)[C@H](NC(=O)OC(C)(C)C)C1. The second-order valence-corrected chi connectivity index (χ2v) is 5.56. The number of carbonyl (C=O) groups is 1. The summed E-state index contributed by atoms with van der Waals surface area (Å²) in [4.78, 5) is 12.0. The Morgan fingerprint density at radius 2 is 1.89 bits per heavy atom. The van der Waals surface area contributed by atoms with E-state index in [-0.39, 0.29) is 13.1 Å². The zero-order valence-electron chi connectivity index (χ0n) is 10.7. The van der Waals surface area contributed by atoms with E-state index in [4.69, 9.17) is 4.74 Å². The van der Waals surface area contributed by atoms with E-state index in [2.05, 4.69) is 12.4 Å². The zero-order valence-corrected chi connectivity index (χ0v) is 10.7. The van der Waals surface area contributed by atoms with Crippen molar-refractivity contribution in [2.24, 2.45) is 5.92 Å². The molecule has 0 aromatic carbocycles. The van der Waals surface area contributed by atoms with E-state index in [1.165, 1.54) is 0 Å². The highest BCUT2D eigenvalue weighted by Crippen LogP contribution is 2.29. The normalized spacial score (nSPS) is 29.2. The van der Waals surface area contributed by atoms with Crippen LogP contribution in [0.1, 0.15) is 20.8 Å². The van der Waals surface area contributed by atoms with Crippen LogP contribution in [-0.2, 0) is 4.74 Å². The van der Waals surface area contributed by atoms with Crippen LogP contribution in [0.5, 0.6) is 0 Å². The van der Waals surface area contributed by atoms with Crippen molar-refractivity contribution >= 4 is 6.09 Å². The summed E-state index contributed by atoms with van der Waals surface area (Å²) in [5, 5.41) is 2.28. The Morgan fingerprint density at radius 3 is 2.33 bits per heavy atom. The molecule has 0 aliphatic carbocycles. The predicted molar refractivity (Wildman–Crippen MR) is 58.8 cm³/mol. The number of likely N-dealkylation sites (tertiary alicyclic amines) is 1. The van der Waals surface area contributed by atoms with Crippen LogP contribution in [-0.4, -0.2) is 37.0 Å². The summed E-state index contributed by atoms with van der Waals surface area (Å²) in [6.07, 6.45) is -5.16. The highest BCUT2D eigenvalue weighted by Gasteiger charge is 2.51. The molecule has 0 saturated carbocycles. The van der Waals surface area contributed by atoms with Gasteiger partial charge >= 0.3 is 12.3 Å². The van der Waals surface area contributed by atoms with Gasteiger partial charge in [0.15, 0.2) is 0 Å². The summed E-state index contributed by atoms with van der Waals surface area (Å²) in [5.74, 6) is -1.57. The molecule has 1 amide bonds. The van der Waals surface area contributed by atoms with E-state index >= 15 is 0 Å². The van der Waals surface area contributed by atoms with Crippen molar-refractivity contribution in [3.05, 3.63) is 7.05 Å². The standard InChI is InChI=1S/C11H19F3N2O2/c1-10(2,3)18-9(17)15-8-6-16(4)5-7(8)11(12,13)14/h7-8,16H,4-6H2,1-3H3,(H,15,17)/t7-,8-/m1/s1. The quantitative estimate of drug-likeness (QED) is 0.689. The molecule has 1 aliphatic rings. The first-order valence-corrected chi connectivity index (χ1v) is 5.72. The van der Waals surface area contributed by atoms with Gasteiger partial charge in [-0.2, -0.15) is 20.2 Å². The van der Waals surface area contributed by atoms with Crippen LogP contribution in [0.15, 0.2) is 0 Å². The third-order valence-corrected chi connectivity index (χ3v) is 2.63. The summed E-state index contributed by atoms with van der Waals surface area (Å²) in [5.41, 5.74) is -0.729. The third-order valence-electron chi connectivity index (χ3n) is 2.63. The van der Waals surface area contributed by atoms with Crippen molar-refractivity contribution in [2.75, 3.05) is 13.1 Å². The molecule has 4 nitrogen and oxygen atoms in total. The molecule has 1 heterocycles. The number of hydrogen-bond acceptors (Lipinski definition) is 2. The summed E-state index contributed by atoms with van der Waals surface area (Å²) >= 11 is 0. The topological polar surface area (TPSA) is 42.8 Å². The molecule has 0 radical (unpaired) electrons. The Hall–Kier alpha value is -0.980. The van der Waals surface area contributed by atoms with Gasteiger partial charge in [-0.25, -0.2) is 4.79 Å². The van der Waals surface area contributed by atoms with Crippen molar-refractivity contribution in [1.82, 2.24) is 5.32 Å². The molecule has 106 valence electrons. The minimum Gasteiger partial charge on any atom is -0.466 e. The lowest BCUT2D eigenvalue weighted by Gasteiger charge is -2.24. The van der Waals surface area contributed by atoms with E-state index < -0.39 is 29.8 Å². The monoisotopic (exact) mass is 268 g/mol. The molecule has 0 aromatic rings. The first kappa shape index (κ1) is 15.1. The number of alkyl carbamates (subject to hydrolysis) is 1. The van der Waals surface area contributed by atoms with Crippen LogP contribution in [0, 0.1) is 13.0 Å². The highest BCUT2D eigenvalue weighted by molar-refractivity contribution is 5.68. The maximum absolute atomic E-state index is 12.7. The molecule has 18 heavy (non-hydrogen) atoms. The second kappa shape index (κ2) is 4.95. The smallest absolute Gasteiger partial charge is 0.408 e. The van der Waals surface area contributed by atoms with Gasteiger partial charge in [0.05, 0.1) is 19.1 Å². The summed E-state index contributed by atoms with van der Waals surface area (Å²) < 4.78 is 43.2. The molecule has 1 rings (SSSR count). The number of carbonyl (C=O) groups excluding carboxylic acids is 1. The lowest BCUT2D eigenvalue weighted by atomic mass is 10.0. The van der Waals surface area contributed by atoms with Crippen LogP contribution in [0.3, 0.4) is 0 Å². The number of nitrogens with one attached hydrogen (secondary N) is 2. The largest absolute Gasteiger partial charge is 0.466 e. The van der Waals surface area contributed by atoms with Crippen molar-refractivity contribution in [3.8, 4) is 0 Å². The molecule has 1 aliphatic heterocycles. The Kier molecular flexibility index (Phi) is 4.15. The molecule has 2 N–H and O–H groups in total. The first-order valence-electron chi connectivity index (χ1n) is 5.72. The molecule has 0 bridgehead atoms. The molecule has 0 aromatic heterocycles. The van der Waals surface area contributed by atoms with Crippen LogP contribution >= 0.6 is 0 Å². The predicted octanol–water partition coefficient (Wildman–Crippen LogP) is 0.748. The fraction of sp³-hybridized carbons (Fsp3) is 0.818. The van der Waals surface area contributed by atoms with Crippen LogP contribution in [0.2, 0.25) is 0 Å².